The van der Waals surface area contributed by atoms with Crippen LogP contribution >= 0.6 is 0 Å². The first-order valence-corrected chi connectivity index (χ1v) is 1.40. The Labute approximate surface area is 31.8 Å². The lowest BCUT2D eigenvalue weighted by Crippen LogP contribution is -1.71. The van der Waals surface area contributed by atoms with Gasteiger partial charge in [-0.15, -0.1) is 0 Å². The topological polar surface area (TPSA) is 26.0 Å². The molecular weight excluding hydrogens is 62.1 g/mol. The molecule has 0 spiro atoms. The van der Waals surface area contributed by atoms with E-state index >= 15 is 0 Å². The zero-order valence-electron chi connectivity index (χ0n) is 3.15. The summed E-state index contributed by atoms with van der Waals surface area (Å²) in [6, 6.07) is 0. The van der Waals surface area contributed by atoms with Gasteiger partial charge in [0.1, 0.15) is 6.20 Å². The molecule has 0 atom stereocenters. The van der Waals surface area contributed by atoms with Gasteiger partial charge in [-0.25, -0.2) is 0 Å². The van der Waals surface area contributed by atoms with Crippen LogP contribution in [0.25, 0.3) is 0 Å². The molecule has 1 nitrogen and oxygen atoms in total. The highest BCUT2D eigenvalue weighted by Gasteiger charge is 1.36. The maximum Gasteiger partial charge on any atom is 0.106 e. The third kappa shape index (κ3) is 3.32. The van der Waals surface area contributed by atoms with Gasteiger partial charge < -0.3 is 5.73 Å². The number of nitrogens with two attached hydrogens (primary N) is 1. The van der Waals surface area contributed by atoms with Crippen LogP contribution < -0.4 is 5.73 Å². The second-order valence-electron chi connectivity index (χ2n) is 0.577. The molecule has 2 N–H and O–H groups in total. The predicted molar refractivity (Wildman–Crippen MR) is 21.2 cm³/mol. The van der Waals surface area contributed by atoms with E-state index in [1.165, 1.54) is 0 Å². The van der Waals surface area contributed by atoms with E-state index in [0.29, 0.717) is 0 Å². The Balaban J connectivity index is 3.26. The molecule has 0 heterocycles. The van der Waals surface area contributed by atoms with Gasteiger partial charge in [-0.2, -0.15) is 0 Å². The Kier molecular flexibility index (Phi) is 2.87. The van der Waals surface area contributed by atoms with Crippen LogP contribution in [0.15, 0.2) is 11.8 Å². The summed E-state index contributed by atoms with van der Waals surface area (Å²) < 4.78 is 0. The molecule has 0 aromatic carbocycles. The lowest BCUT2D eigenvalue weighted by molar-refractivity contribution is 1.53. The van der Waals surface area contributed by atoms with Crippen molar-refractivity contribution in [1.29, 1.82) is 0 Å². The number of hydrogen-bond acceptors (Lipinski definition) is 1. The summed E-state index contributed by atoms with van der Waals surface area (Å²) in [5.41, 5.74) is 7.26. The molecule has 0 saturated heterocycles. The fourth-order valence-electron chi connectivity index (χ4n) is 0.0833. The highest BCUT2D eigenvalue weighted by Crippen LogP contribution is 1.49. The van der Waals surface area contributed by atoms with E-state index < -0.39 is 0 Å². The van der Waals surface area contributed by atoms with Crippen molar-refractivity contribution in [3.05, 3.63) is 18.0 Å². The summed E-state index contributed by atoms with van der Waals surface area (Å²) in [5.74, 6) is 0. The highest BCUT2D eigenvalue weighted by molar-refractivity contribution is 4.69. The summed E-state index contributed by atoms with van der Waals surface area (Å²) in [6.45, 7) is 1.83. The van der Waals surface area contributed by atoms with Crippen LogP contribution in [-0.2, 0) is 0 Å². The number of rotatable bonds is 0. The van der Waals surface area contributed by atoms with E-state index in [-0.39, 0.29) is 0 Å². The second kappa shape index (κ2) is 3.32. The van der Waals surface area contributed by atoms with Crippen molar-refractivity contribution in [2.24, 2.45) is 5.73 Å². The fraction of sp³-hybridized carbons (Fsp3) is 0.250. The first-order chi connectivity index (χ1) is 2.41. The minimum atomic E-state index is 1.69. The third-order valence-corrected chi connectivity index (χ3v) is 0.228. The van der Waals surface area contributed by atoms with Gasteiger partial charge in [0.2, 0.25) is 0 Å². The lowest BCUT2D eigenvalue weighted by Gasteiger charge is -1.49. The van der Waals surface area contributed by atoms with E-state index in [1.807, 2.05) is 6.92 Å². The normalized spacial score (nSPS) is 5.00. The monoisotopic (exact) mass is 68.1 g/mol. The lowest BCUT2D eigenvalue weighted by atomic mass is 10.7. The van der Waals surface area contributed by atoms with Crippen molar-refractivity contribution in [2.45, 2.75) is 6.92 Å². The molecule has 1 radical (unpaired) electrons. The van der Waals surface area contributed by atoms with E-state index in [9.17, 15) is 0 Å². The van der Waals surface area contributed by atoms with Gasteiger partial charge in [0.15, 0.2) is 0 Å². The molecular formula is C4H6N. The molecule has 27 valence electrons. The SMILES string of the molecule is CC=C=[C]N. The van der Waals surface area contributed by atoms with Gasteiger partial charge in [-0.05, 0) is 13.0 Å². The molecule has 0 unspecified atom stereocenters. The molecule has 0 aromatic rings. The molecule has 0 aliphatic rings. The smallest absolute Gasteiger partial charge is 0.106 e. The average Bonchev–Trinajstić information content (AvgIpc) is 1.41. The summed E-state index contributed by atoms with van der Waals surface area (Å²) in [5, 5.41) is 0. The molecule has 0 amide bonds. The Morgan fingerprint density at radius 1 is 1.80 bits per heavy atom. The van der Waals surface area contributed by atoms with Crippen LogP contribution in [0.4, 0.5) is 0 Å². The van der Waals surface area contributed by atoms with Gasteiger partial charge >= 0.3 is 0 Å². The summed E-state index contributed by atoms with van der Waals surface area (Å²) in [4.78, 5) is 0. The van der Waals surface area contributed by atoms with Crippen LogP contribution in [0.1, 0.15) is 6.92 Å². The van der Waals surface area contributed by atoms with Crippen molar-refractivity contribution in [2.75, 3.05) is 0 Å². The van der Waals surface area contributed by atoms with Crippen molar-refractivity contribution in [3.8, 4) is 0 Å². The predicted octanol–water partition coefficient (Wildman–Crippen LogP) is 0.437. The van der Waals surface area contributed by atoms with Crippen LogP contribution in [0.5, 0.6) is 0 Å². The van der Waals surface area contributed by atoms with E-state index in [4.69, 9.17) is 5.73 Å². The molecule has 0 aliphatic carbocycles. The van der Waals surface area contributed by atoms with Crippen LogP contribution in [0, 0.1) is 6.20 Å². The minimum absolute atomic E-state index is 1.69. The molecule has 0 saturated carbocycles. The first kappa shape index (κ1) is 4.32. The Morgan fingerprint density at radius 2 is 2.40 bits per heavy atom. The van der Waals surface area contributed by atoms with Gasteiger partial charge in [0.05, 0.1) is 0 Å². The molecule has 0 aromatic heterocycles. The van der Waals surface area contributed by atoms with Gasteiger partial charge in [-0.1, -0.05) is 5.73 Å². The quantitative estimate of drug-likeness (QED) is 0.323. The number of allylic oxidation sites excluding steroid dienone is 1. The zero-order valence-corrected chi connectivity index (χ0v) is 3.15. The van der Waals surface area contributed by atoms with E-state index in [0.717, 1.165) is 0 Å². The number of hydrogen-bond donors (Lipinski definition) is 1. The van der Waals surface area contributed by atoms with Crippen molar-refractivity contribution < 1.29 is 0 Å². The second-order valence-corrected chi connectivity index (χ2v) is 0.577. The average molecular weight is 68.1 g/mol. The molecule has 0 fully saturated rings. The Bertz CT molecular complexity index is 52.0. The molecule has 0 rings (SSSR count). The highest BCUT2D eigenvalue weighted by atomic mass is 14.5. The van der Waals surface area contributed by atoms with E-state index in [1.54, 1.807) is 6.08 Å². The summed E-state index contributed by atoms with van der Waals surface area (Å²) >= 11 is 0. The van der Waals surface area contributed by atoms with Crippen molar-refractivity contribution in [3.63, 3.8) is 0 Å². The standard InChI is InChI=1S/C4H6N/c1-2-3-4-5/h2H,5H2,1H3. The van der Waals surface area contributed by atoms with Crippen LogP contribution in [0.2, 0.25) is 0 Å². The van der Waals surface area contributed by atoms with Crippen molar-refractivity contribution in [1.82, 2.24) is 0 Å². The van der Waals surface area contributed by atoms with Crippen molar-refractivity contribution >= 4 is 0 Å². The van der Waals surface area contributed by atoms with Gasteiger partial charge in [0, 0.05) is 0 Å². The third-order valence-electron chi connectivity index (χ3n) is 0.228. The van der Waals surface area contributed by atoms with Crippen LogP contribution in [-0.4, -0.2) is 0 Å². The van der Waals surface area contributed by atoms with Gasteiger partial charge in [-0.3, -0.25) is 0 Å². The molecule has 1 heteroatoms. The minimum Gasteiger partial charge on any atom is -0.390 e. The fourth-order valence-corrected chi connectivity index (χ4v) is 0.0833. The summed E-state index contributed by atoms with van der Waals surface area (Å²) in [7, 11) is 0. The first-order valence-electron chi connectivity index (χ1n) is 1.40. The zero-order chi connectivity index (χ0) is 4.12. The maximum atomic E-state index is 4.75. The molecule has 0 aliphatic heterocycles. The molecule has 0 bridgehead atoms. The maximum absolute atomic E-state index is 4.75. The van der Waals surface area contributed by atoms with Crippen LogP contribution in [0.3, 0.4) is 0 Å². The Morgan fingerprint density at radius 3 is 2.40 bits per heavy atom. The van der Waals surface area contributed by atoms with Gasteiger partial charge in [0.25, 0.3) is 0 Å². The largest absolute Gasteiger partial charge is 0.390 e. The summed E-state index contributed by atoms with van der Waals surface area (Å²) in [6.07, 6.45) is 3.91. The van der Waals surface area contributed by atoms with E-state index in [2.05, 4.69) is 11.9 Å². The Hall–Kier alpha value is -0.680. The molecule has 5 heavy (non-hydrogen) atoms.